The number of aliphatic hydroxyl groups is 1. The van der Waals surface area contributed by atoms with Gasteiger partial charge in [-0.15, -0.1) is 11.8 Å². The second kappa shape index (κ2) is 7.37. The summed E-state index contributed by atoms with van der Waals surface area (Å²) in [5.41, 5.74) is 0.926. The monoisotopic (exact) mass is 450 g/mol. The van der Waals surface area contributed by atoms with Gasteiger partial charge in [0, 0.05) is 39.3 Å². The molecule has 0 amide bonds. The van der Waals surface area contributed by atoms with Crippen LogP contribution < -0.4 is 0 Å². The summed E-state index contributed by atoms with van der Waals surface area (Å²) in [4.78, 5) is 26.1. The van der Waals surface area contributed by atoms with Crippen LogP contribution in [0.3, 0.4) is 0 Å². The Bertz CT molecular complexity index is 777. The molecule has 3 fully saturated rings. The number of rotatable bonds is 3. The van der Waals surface area contributed by atoms with E-state index in [0.717, 1.165) is 14.9 Å². The molecule has 4 nitrogen and oxygen atoms in total. The van der Waals surface area contributed by atoms with Crippen LogP contribution in [-0.2, 0) is 14.3 Å². The minimum Gasteiger partial charge on any atom is -0.461 e. The standard InChI is InChI=1S/C21H23BrO4S/c1-10-7-17(24)19-15(9-27-13-5-3-12(22)4-6-13)21(25)26-20(19)18-11(2)16(23)8-14(10)18/h3-6,11,14-15,17-20,24H,1,7-9H2,2H3/t11-,14+,15+,17+,18+,19-,20-/m1/s1. The fourth-order valence-electron chi connectivity index (χ4n) is 4.99. The lowest BCUT2D eigenvalue weighted by atomic mass is 9.77. The van der Waals surface area contributed by atoms with Gasteiger partial charge in [0.1, 0.15) is 11.9 Å². The van der Waals surface area contributed by atoms with Crippen LogP contribution in [0.25, 0.3) is 0 Å². The van der Waals surface area contributed by atoms with Crippen LogP contribution in [0.2, 0.25) is 0 Å². The number of ether oxygens (including phenoxy) is 1. The smallest absolute Gasteiger partial charge is 0.310 e. The summed E-state index contributed by atoms with van der Waals surface area (Å²) in [5, 5.41) is 10.9. The van der Waals surface area contributed by atoms with Gasteiger partial charge in [0.05, 0.1) is 12.0 Å². The Labute approximate surface area is 171 Å². The van der Waals surface area contributed by atoms with Crippen LogP contribution in [-0.4, -0.2) is 34.8 Å². The number of Topliss-reactive ketones (excluding diaryl/α,β-unsaturated/α-hetero) is 1. The lowest BCUT2D eigenvalue weighted by molar-refractivity contribution is -0.146. The Kier molecular flexibility index (Phi) is 5.25. The number of hydrogen-bond acceptors (Lipinski definition) is 5. The molecule has 6 heteroatoms. The Morgan fingerprint density at radius 3 is 2.63 bits per heavy atom. The van der Waals surface area contributed by atoms with E-state index in [0.29, 0.717) is 18.6 Å². The molecule has 0 spiro atoms. The van der Waals surface area contributed by atoms with Crippen LogP contribution in [0, 0.1) is 29.6 Å². The van der Waals surface area contributed by atoms with E-state index < -0.39 is 12.2 Å². The van der Waals surface area contributed by atoms with Crippen molar-refractivity contribution in [2.45, 2.75) is 36.9 Å². The van der Waals surface area contributed by atoms with Gasteiger partial charge in [0.2, 0.25) is 0 Å². The van der Waals surface area contributed by atoms with E-state index in [1.54, 1.807) is 11.8 Å². The van der Waals surface area contributed by atoms with Crippen molar-refractivity contribution in [2.75, 3.05) is 5.75 Å². The molecule has 2 saturated carbocycles. The molecular formula is C21H23BrO4S. The van der Waals surface area contributed by atoms with Gasteiger partial charge in [0.15, 0.2) is 0 Å². The summed E-state index contributed by atoms with van der Waals surface area (Å²) >= 11 is 5.02. The maximum Gasteiger partial charge on any atom is 0.310 e. The van der Waals surface area contributed by atoms with Gasteiger partial charge in [-0.1, -0.05) is 35.0 Å². The molecule has 0 bridgehead atoms. The number of benzene rings is 1. The predicted octanol–water partition coefficient (Wildman–Crippen LogP) is 3.86. The number of hydrogen-bond donors (Lipinski definition) is 1. The normalized spacial score (nSPS) is 38.3. The van der Waals surface area contributed by atoms with E-state index in [1.807, 2.05) is 31.2 Å². The molecular weight excluding hydrogens is 428 g/mol. The first-order valence-corrected chi connectivity index (χ1v) is 11.1. The molecule has 1 saturated heterocycles. The van der Waals surface area contributed by atoms with Crippen molar-refractivity contribution in [3.63, 3.8) is 0 Å². The SMILES string of the molecule is C=C1C[C@H](O)[C@@H]2[C@H](OC(=O)[C@H]2CSc2ccc(Br)cc2)[C@H]2[C@H](C)C(=O)C[C@@H]12. The average molecular weight is 451 g/mol. The zero-order chi connectivity index (χ0) is 19.3. The molecule has 7 atom stereocenters. The third-order valence-corrected chi connectivity index (χ3v) is 8.09. The highest BCUT2D eigenvalue weighted by atomic mass is 79.9. The summed E-state index contributed by atoms with van der Waals surface area (Å²) < 4.78 is 6.81. The minimum atomic E-state index is -0.655. The van der Waals surface area contributed by atoms with Crippen LogP contribution in [0.1, 0.15) is 19.8 Å². The summed E-state index contributed by atoms with van der Waals surface area (Å²) in [7, 11) is 0. The fourth-order valence-corrected chi connectivity index (χ4v) is 6.32. The topological polar surface area (TPSA) is 63.6 Å². The predicted molar refractivity (Wildman–Crippen MR) is 107 cm³/mol. The highest BCUT2D eigenvalue weighted by Gasteiger charge is 2.58. The fraction of sp³-hybridized carbons (Fsp3) is 0.524. The van der Waals surface area contributed by atoms with E-state index in [-0.39, 0.29) is 41.3 Å². The van der Waals surface area contributed by atoms with E-state index in [9.17, 15) is 14.7 Å². The van der Waals surface area contributed by atoms with Crippen LogP contribution in [0.5, 0.6) is 0 Å². The number of esters is 1. The van der Waals surface area contributed by atoms with Gasteiger partial charge in [-0.2, -0.15) is 0 Å². The summed E-state index contributed by atoms with van der Waals surface area (Å²) in [6.07, 6.45) is -0.152. The molecule has 2 aliphatic carbocycles. The Morgan fingerprint density at radius 1 is 1.22 bits per heavy atom. The summed E-state index contributed by atoms with van der Waals surface area (Å²) in [6.45, 7) is 6.07. The van der Waals surface area contributed by atoms with Gasteiger partial charge < -0.3 is 9.84 Å². The Hall–Kier alpha value is -1.11. The van der Waals surface area contributed by atoms with Crippen molar-refractivity contribution >= 4 is 39.4 Å². The van der Waals surface area contributed by atoms with E-state index in [2.05, 4.69) is 22.5 Å². The molecule has 1 heterocycles. The number of carbonyl (C=O) groups excluding carboxylic acids is 2. The van der Waals surface area contributed by atoms with Crippen molar-refractivity contribution in [3.8, 4) is 0 Å². The van der Waals surface area contributed by atoms with Gasteiger partial charge in [-0.3, -0.25) is 9.59 Å². The van der Waals surface area contributed by atoms with Crippen molar-refractivity contribution in [1.29, 1.82) is 0 Å². The van der Waals surface area contributed by atoms with Gasteiger partial charge >= 0.3 is 5.97 Å². The quantitative estimate of drug-likeness (QED) is 0.430. The summed E-state index contributed by atoms with van der Waals surface area (Å²) in [5.74, 6) is -0.313. The zero-order valence-corrected chi connectivity index (χ0v) is 17.5. The number of aliphatic hydroxyl groups excluding tert-OH is 1. The van der Waals surface area contributed by atoms with Crippen molar-refractivity contribution in [1.82, 2.24) is 0 Å². The zero-order valence-electron chi connectivity index (χ0n) is 15.1. The Balaban J connectivity index is 1.58. The average Bonchev–Trinajstić information content (AvgIpc) is 3.08. The molecule has 1 aliphatic heterocycles. The second-order valence-corrected chi connectivity index (χ2v) is 9.93. The van der Waals surface area contributed by atoms with E-state index >= 15 is 0 Å². The number of ketones is 1. The number of halogens is 1. The largest absolute Gasteiger partial charge is 0.461 e. The second-order valence-electron chi connectivity index (χ2n) is 7.92. The first kappa shape index (κ1) is 19.2. The number of thioether (sulfide) groups is 1. The van der Waals surface area contributed by atoms with Crippen molar-refractivity contribution in [3.05, 3.63) is 40.9 Å². The Morgan fingerprint density at radius 2 is 1.93 bits per heavy atom. The van der Waals surface area contributed by atoms with Gasteiger partial charge in [-0.05, 0) is 36.6 Å². The molecule has 27 heavy (non-hydrogen) atoms. The first-order chi connectivity index (χ1) is 12.9. The van der Waals surface area contributed by atoms with Gasteiger partial charge in [0.25, 0.3) is 0 Å². The third-order valence-electron chi connectivity index (χ3n) is 6.43. The van der Waals surface area contributed by atoms with Crippen molar-refractivity contribution < 1.29 is 19.4 Å². The lowest BCUT2D eigenvalue weighted by Crippen LogP contribution is -2.38. The highest BCUT2D eigenvalue weighted by Crippen LogP contribution is 2.52. The first-order valence-electron chi connectivity index (χ1n) is 9.34. The molecule has 0 radical (unpaired) electrons. The number of carbonyl (C=O) groups is 2. The molecule has 1 N–H and O–H groups in total. The maximum atomic E-state index is 12.7. The van der Waals surface area contributed by atoms with Crippen LogP contribution in [0.15, 0.2) is 45.8 Å². The van der Waals surface area contributed by atoms with E-state index in [4.69, 9.17) is 4.74 Å². The molecule has 1 aromatic rings. The van der Waals surface area contributed by atoms with Crippen LogP contribution in [0.4, 0.5) is 0 Å². The van der Waals surface area contributed by atoms with Gasteiger partial charge in [-0.25, -0.2) is 0 Å². The number of fused-ring (bicyclic) bond motifs is 3. The highest BCUT2D eigenvalue weighted by molar-refractivity contribution is 9.10. The van der Waals surface area contributed by atoms with Crippen LogP contribution >= 0.6 is 27.7 Å². The third kappa shape index (κ3) is 3.40. The molecule has 1 aromatic carbocycles. The van der Waals surface area contributed by atoms with Crippen molar-refractivity contribution in [2.24, 2.45) is 29.6 Å². The summed E-state index contributed by atoms with van der Waals surface area (Å²) in [6, 6.07) is 7.95. The molecule has 144 valence electrons. The van der Waals surface area contributed by atoms with E-state index in [1.165, 1.54) is 0 Å². The molecule has 3 aliphatic rings. The maximum absolute atomic E-state index is 12.7. The minimum absolute atomic E-state index is 0.0165. The lowest BCUT2D eigenvalue weighted by Gasteiger charge is -2.29. The molecule has 0 unspecified atom stereocenters. The molecule has 0 aromatic heterocycles. The molecule has 4 rings (SSSR count).